The number of hydrogen-bond acceptors (Lipinski definition) is 6. The summed E-state index contributed by atoms with van der Waals surface area (Å²) in [5.74, 6) is -0.102. The van der Waals surface area contributed by atoms with Crippen molar-refractivity contribution in [2.45, 2.75) is 6.92 Å². The first-order valence-corrected chi connectivity index (χ1v) is 11.8. The van der Waals surface area contributed by atoms with Crippen molar-refractivity contribution < 1.29 is 14.0 Å². The summed E-state index contributed by atoms with van der Waals surface area (Å²) in [4.78, 5) is 33.8. The summed E-state index contributed by atoms with van der Waals surface area (Å²) >= 11 is 1.54. The Morgan fingerprint density at radius 1 is 0.971 bits per heavy atom. The molecule has 1 aliphatic heterocycles. The van der Waals surface area contributed by atoms with Gasteiger partial charge >= 0.3 is 0 Å². The Labute approximate surface area is 200 Å². The van der Waals surface area contributed by atoms with Crippen LogP contribution in [0.2, 0.25) is 0 Å². The maximum atomic E-state index is 14.6. The number of nitrogens with zero attached hydrogens (tertiary/aromatic N) is 5. The molecule has 2 aromatic heterocycles. The molecule has 0 spiro atoms. The van der Waals surface area contributed by atoms with Gasteiger partial charge in [0.05, 0.1) is 16.3 Å². The molecule has 0 atom stereocenters. The summed E-state index contributed by atoms with van der Waals surface area (Å²) in [6.45, 7) is 3.19. The molecular formula is C25H22FN5O2S. The van der Waals surface area contributed by atoms with Gasteiger partial charge in [-0.1, -0.05) is 24.3 Å². The van der Waals surface area contributed by atoms with Crippen LogP contribution in [0.3, 0.4) is 0 Å². The van der Waals surface area contributed by atoms with Gasteiger partial charge < -0.3 is 9.80 Å². The molecule has 0 aliphatic carbocycles. The minimum atomic E-state index is -0.434. The number of halogens is 1. The van der Waals surface area contributed by atoms with E-state index in [0.717, 1.165) is 10.6 Å². The third kappa shape index (κ3) is 4.22. The SMILES string of the molecule is CC(=O)c1ccc(N2CCN(C(=O)c3nc(-c4cccs4)n(-c4ccccc4)n3)CC2)c(F)c1. The van der Waals surface area contributed by atoms with Crippen molar-refractivity contribution in [3.8, 4) is 16.4 Å². The highest BCUT2D eigenvalue weighted by Crippen LogP contribution is 2.26. The highest BCUT2D eigenvalue weighted by molar-refractivity contribution is 7.13. The molecule has 4 aromatic rings. The predicted octanol–water partition coefficient (Wildman–Crippen LogP) is 4.30. The van der Waals surface area contributed by atoms with Crippen molar-refractivity contribution in [1.29, 1.82) is 0 Å². The molecule has 0 saturated carbocycles. The van der Waals surface area contributed by atoms with Gasteiger partial charge in [-0.3, -0.25) is 9.59 Å². The highest BCUT2D eigenvalue weighted by Gasteiger charge is 2.28. The summed E-state index contributed by atoms with van der Waals surface area (Å²) in [5.41, 5.74) is 1.60. The fraction of sp³-hybridized carbons (Fsp3) is 0.200. The van der Waals surface area contributed by atoms with Crippen LogP contribution in [0.25, 0.3) is 16.4 Å². The lowest BCUT2D eigenvalue weighted by molar-refractivity contribution is 0.0734. The van der Waals surface area contributed by atoms with E-state index in [0.29, 0.717) is 43.3 Å². The molecular weight excluding hydrogens is 453 g/mol. The third-order valence-corrected chi connectivity index (χ3v) is 6.67. The Morgan fingerprint density at radius 3 is 2.38 bits per heavy atom. The van der Waals surface area contributed by atoms with Crippen LogP contribution in [-0.4, -0.2) is 57.5 Å². The molecule has 1 amide bonds. The zero-order chi connectivity index (χ0) is 23.7. The van der Waals surface area contributed by atoms with Gasteiger partial charge in [-0.15, -0.1) is 16.4 Å². The van der Waals surface area contributed by atoms with Crippen LogP contribution in [0.5, 0.6) is 0 Å². The average molecular weight is 476 g/mol. The number of benzene rings is 2. The number of carbonyl (C=O) groups excluding carboxylic acids is 2. The normalized spacial score (nSPS) is 13.8. The smallest absolute Gasteiger partial charge is 0.293 e. The maximum absolute atomic E-state index is 14.6. The number of Topliss-reactive ketones (excluding diaryl/α,β-unsaturated/α-hetero) is 1. The van der Waals surface area contributed by atoms with Crippen molar-refractivity contribution >= 4 is 28.7 Å². The number of thiophene rings is 1. The number of amides is 1. The van der Waals surface area contributed by atoms with Crippen molar-refractivity contribution in [1.82, 2.24) is 19.7 Å². The molecule has 34 heavy (non-hydrogen) atoms. The van der Waals surface area contributed by atoms with Crippen LogP contribution in [-0.2, 0) is 0 Å². The van der Waals surface area contributed by atoms with Crippen molar-refractivity contribution in [2.24, 2.45) is 0 Å². The van der Waals surface area contributed by atoms with E-state index in [-0.39, 0.29) is 17.5 Å². The Kier molecular flexibility index (Phi) is 5.93. The molecule has 172 valence electrons. The molecule has 0 unspecified atom stereocenters. The Balaban J connectivity index is 1.35. The van der Waals surface area contributed by atoms with Gasteiger partial charge in [0.25, 0.3) is 5.91 Å². The lowest BCUT2D eigenvalue weighted by atomic mass is 10.1. The van der Waals surface area contributed by atoms with E-state index in [1.54, 1.807) is 21.7 Å². The molecule has 5 rings (SSSR count). The second-order valence-electron chi connectivity index (χ2n) is 7.99. The first kappa shape index (κ1) is 22.0. The van der Waals surface area contributed by atoms with Crippen LogP contribution in [0.4, 0.5) is 10.1 Å². The van der Waals surface area contributed by atoms with E-state index < -0.39 is 5.82 Å². The minimum absolute atomic E-state index is 0.137. The quantitative estimate of drug-likeness (QED) is 0.403. The van der Waals surface area contributed by atoms with E-state index >= 15 is 0 Å². The lowest BCUT2D eigenvalue weighted by Gasteiger charge is -2.35. The second kappa shape index (κ2) is 9.18. The Morgan fingerprint density at radius 2 is 1.74 bits per heavy atom. The number of rotatable bonds is 5. The molecule has 1 saturated heterocycles. The standard InChI is InChI=1S/C25H22FN5O2S/c1-17(32)18-9-10-21(20(26)16-18)29-11-13-30(14-12-29)25(33)23-27-24(22-8-5-15-34-22)31(28-23)19-6-3-2-4-7-19/h2-10,15-16H,11-14H2,1H3. The van der Waals surface area contributed by atoms with Crippen LogP contribution >= 0.6 is 11.3 Å². The molecule has 3 heterocycles. The van der Waals surface area contributed by atoms with E-state index in [1.165, 1.54) is 24.3 Å². The number of piperazine rings is 1. The lowest BCUT2D eigenvalue weighted by Crippen LogP contribution is -2.49. The van der Waals surface area contributed by atoms with Gasteiger partial charge in [-0.2, -0.15) is 0 Å². The molecule has 1 fully saturated rings. The van der Waals surface area contributed by atoms with Gasteiger partial charge in [-0.25, -0.2) is 14.1 Å². The summed E-state index contributed by atoms with van der Waals surface area (Å²) < 4.78 is 16.3. The van der Waals surface area contributed by atoms with E-state index in [9.17, 15) is 14.0 Å². The largest absolute Gasteiger partial charge is 0.366 e. The number of para-hydroxylation sites is 1. The monoisotopic (exact) mass is 475 g/mol. The van der Waals surface area contributed by atoms with Crippen LogP contribution < -0.4 is 4.90 Å². The summed E-state index contributed by atoms with van der Waals surface area (Å²) in [5, 5.41) is 6.50. The van der Waals surface area contributed by atoms with Gasteiger partial charge in [0.2, 0.25) is 5.82 Å². The van der Waals surface area contributed by atoms with Gasteiger partial charge in [-0.05, 0) is 48.7 Å². The molecule has 7 nitrogen and oxygen atoms in total. The number of anilines is 1. The van der Waals surface area contributed by atoms with Gasteiger partial charge in [0.15, 0.2) is 11.6 Å². The highest BCUT2D eigenvalue weighted by atomic mass is 32.1. The topological polar surface area (TPSA) is 71.3 Å². The first-order chi connectivity index (χ1) is 16.5. The Bertz CT molecular complexity index is 1330. The predicted molar refractivity (Wildman–Crippen MR) is 129 cm³/mol. The third-order valence-electron chi connectivity index (χ3n) is 5.80. The zero-order valence-corrected chi connectivity index (χ0v) is 19.3. The number of ketones is 1. The van der Waals surface area contributed by atoms with Gasteiger partial charge in [0.1, 0.15) is 5.82 Å². The minimum Gasteiger partial charge on any atom is -0.366 e. The Hall–Kier alpha value is -3.85. The van der Waals surface area contributed by atoms with Crippen LogP contribution in [0.15, 0.2) is 66.0 Å². The van der Waals surface area contributed by atoms with Crippen molar-refractivity contribution in [2.75, 3.05) is 31.1 Å². The fourth-order valence-corrected chi connectivity index (χ4v) is 4.69. The van der Waals surface area contributed by atoms with Gasteiger partial charge in [0, 0.05) is 31.7 Å². The summed E-state index contributed by atoms with van der Waals surface area (Å²) in [6, 6.07) is 18.0. The van der Waals surface area contributed by atoms with Crippen LogP contribution in [0.1, 0.15) is 27.9 Å². The van der Waals surface area contributed by atoms with Crippen molar-refractivity contribution in [3.63, 3.8) is 0 Å². The summed E-state index contributed by atoms with van der Waals surface area (Å²) in [7, 11) is 0. The maximum Gasteiger partial charge on any atom is 0.293 e. The molecule has 9 heteroatoms. The first-order valence-electron chi connectivity index (χ1n) is 10.9. The van der Waals surface area contributed by atoms with E-state index in [1.807, 2.05) is 52.7 Å². The number of carbonyl (C=O) groups is 2. The van der Waals surface area contributed by atoms with Crippen molar-refractivity contribution in [3.05, 3.63) is 83.2 Å². The fourth-order valence-electron chi connectivity index (χ4n) is 3.99. The van der Waals surface area contributed by atoms with E-state index in [2.05, 4.69) is 10.1 Å². The second-order valence-corrected chi connectivity index (χ2v) is 8.93. The average Bonchev–Trinajstić information content (AvgIpc) is 3.54. The van der Waals surface area contributed by atoms with E-state index in [4.69, 9.17) is 0 Å². The zero-order valence-electron chi connectivity index (χ0n) is 18.5. The summed E-state index contributed by atoms with van der Waals surface area (Å²) in [6.07, 6.45) is 0. The molecule has 0 N–H and O–H groups in total. The molecule has 2 aromatic carbocycles. The number of hydrogen-bond donors (Lipinski definition) is 0. The number of aromatic nitrogens is 3. The molecule has 1 aliphatic rings. The van der Waals surface area contributed by atoms with Crippen LogP contribution in [0, 0.1) is 5.82 Å². The molecule has 0 bridgehead atoms. The molecule has 0 radical (unpaired) electrons.